The Kier molecular flexibility index (Phi) is 17.5. The van der Waals surface area contributed by atoms with Gasteiger partial charge in [-0.3, -0.25) is 0 Å². The Balaban J connectivity index is 0. The Morgan fingerprint density at radius 1 is 0.750 bits per heavy atom. The molecule has 0 spiro atoms. The summed E-state index contributed by atoms with van der Waals surface area (Å²) in [6.45, 7) is 8.66. The van der Waals surface area contributed by atoms with Gasteiger partial charge in [0.25, 0.3) is 0 Å². The van der Waals surface area contributed by atoms with E-state index < -0.39 is 0 Å². The molecule has 0 bridgehead atoms. The van der Waals surface area contributed by atoms with Crippen molar-refractivity contribution in [2.24, 2.45) is 0 Å². The first-order valence-electron chi connectivity index (χ1n) is 8.55. The van der Waals surface area contributed by atoms with Crippen LogP contribution >= 0.6 is 0 Å². The topological polar surface area (TPSA) is 0 Å². The van der Waals surface area contributed by atoms with Crippen molar-refractivity contribution in [3.8, 4) is 0 Å². The lowest BCUT2D eigenvalue weighted by Crippen LogP contribution is -3.00. The van der Waals surface area contributed by atoms with Crippen molar-refractivity contribution in [2.75, 3.05) is 27.2 Å². The van der Waals surface area contributed by atoms with Crippen molar-refractivity contribution in [1.29, 1.82) is 0 Å². The summed E-state index contributed by atoms with van der Waals surface area (Å²) in [5.74, 6) is 0. The smallest absolute Gasteiger partial charge is 0.0817 e. The van der Waals surface area contributed by atoms with Gasteiger partial charge < -0.3 is 21.5 Å². The first kappa shape index (κ1) is 22.5. The fourth-order valence-corrected chi connectivity index (χ4v) is 2.58. The Morgan fingerprint density at radius 2 is 1.20 bits per heavy atom. The fourth-order valence-electron chi connectivity index (χ4n) is 2.58. The molecule has 0 rings (SSSR count). The highest BCUT2D eigenvalue weighted by atomic mass is 79.9. The van der Waals surface area contributed by atoms with Crippen LogP contribution in [-0.4, -0.2) is 31.7 Å². The lowest BCUT2D eigenvalue weighted by atomic mass is 10.1. The van der Waals surface area contributed by atoms with Crippen molar-refractivity contribution in [1.82, 2.24) is 0 Å². The van der Waals surface area contributed by atoms with Crippen molar-refractivity contribution in [3.05, 3.63) is 12.7 Å². The van der Waals surface area contributed by atoms with Crippen molar-refractivity contribution < 1.29 is 21.5 Å². The normalized spacial score (nSPS) is 11.2. The molecule has 1 nitrogen and oxygen atoms in total. The molecule has 0 aliphatic heterocycles. The Morgan fingerprint density at radius 3 is 1.65 bits per heavy atom. The van der Waals surface area contributed by atoms with Gasteiger partial charge in [-0.1, -0.05) is 64.4 Å². The van der Waals surface area contributed by atoms with Gasteiger partial charge in [-0.15, -0.1) is 6.58 Å². The molecule has 0 aromatic heterocycles. The second kappa shape index (κ2) is 15.6. The van der Waals surface area contributed by atoms with Crippen molar-refractivity contribution in [2.45, 2.75) is 77.6 Å². The molecule has 0 aliphatic rings. The van der Waals surface area contributed by atoms with Gasteiger partial charge in [0.15, 0.2) is 0 Å². The molecule has 0 aliphatic carbocycles. The third-order valence-electron chi connectivity index (χ3n) is 4.06. The number of quaternary nitrogens is 1. The molecule has 0 unspecified atom stereocenters. The van der Waals surface area contributed by atoms with E-state index in [-0.39, 0.29) is 17.0 Å². The summed E-state index contributed by atoms with van der Waals surface area (Å²) in [6.07, 6.45) is 17.5. The summed E-state index contributed by atoms with van der Waals surface area (Å²) in [5, 5.41) is 0. The second-order valence-corrected chi connectivity index (χ2v) is 6.64. The highest BCUT2D eigenvalue weighted by Gasteiger charge is 2.12. The molecule has 0 heterocycles. The molecule has 2 heteroatoms. The molecular formula is C18H38BrN. The third kappa shape index (κ3) is 16.2. The standard InChI is InChI=1S/C18H38N.BrH/c1-5-7-9-10-11-12-13-14-15-16-18-19(3,4)17-8-6-2;/h6H,2,5,7-18H2,1,3-4H3;1H/q+1;/p-1. The lowest BCUT2D eigenvalue weighted by molar-refractivity contribution is -0.890. The van der Waals surface area contributed by atoms with Gasteiger partial charge in [-0.05, 0) is 12.8 Å². The van der Waals surface area contributed by atoms with E-state index in [1.165, 1.54) is 77.3 Å². The summed E-state index contributed by atoms with van der Waals surface area (Å²) >= 11 is 0. The molecule has 0 amide bonds. The molecule has 20 heavy (non-hydrogen) atoms. The van der Waals surface area contributed by atoms with E-state index in [2.05, 4.69) is 27.6 Å². The minimum absolute atomic E-state index is 0. The quantitative estimate of drug-likeness (QED) is 0.257. The van der Waals surface area contributed by atoms with Crippen LogP contribution in [0.5, 0.6) is 0 Å². The molecule has 0 aromatic rings. The van der Waals surface area contributed by atoms with E-state index in [9.17, 15) is 0 Å². The van der Waals surface area contributed by atoms with Gasteiger partial charge in [0.1, 0.15) is 0 Å². The van der Waals surface area contributed by atoms with Gasteiger partial charge in [0, 0.05) is 6.42 Å². The Hall–Kier alpha value is 0.180. The van der Waals surface area contributed by atoms with Gasteiger partial charge >= 0.3 is 0 Å². The van der Waals surface area contributed by atoms with Crippen molar-refractivity contribution in [3.63, 3.8) is 0 Å². The van der Waals surface area contributed by atoms with Crippen LogP contribution in [0.3, 0.4) is 0 Å². The zero-order valence-corrected chi connectivity index (χ0v) is 15.9. The maximum Gasteiger partial charge on any atom is 0.0817 e. The maximum absolute atomic E-state index is 3.81. The SMILES string of the molecule is C=CCC[N+](C)(C)CCCCCCCCCCCC.[Br-]. The van der Waals surface area contributed by atoms with E-state index >= 15 is 0 Å². The van der Waals surface area contributed by atoms with Crippen LogP contribution in [-0.2, 0) is 0 Å². The van der Waals surface area contributed by atoms with Crippen LogP contribution in [0.25, 0.3) is 0 Å². The van der Waals surface area contributed by atoms with E-state index in [1.807, 2.05) is 6.08 Å². The van der Waals surface area contributed by atoms with Crippen LogP contribution in [0.15, 0.2) is 12.7 Å². The van der Waals surface area contributed by atoms with Gasteiger partial charge in [-0.2, -0.15) is 0 Å². The van der Waals surface area contributed by atoms with Crippen LogP contribution in [0.4, 0.5) is 0 Å². The second-order valence-electron chi connectivity index (χ2n) is 6.64. The molecule has 0 saturated heterocycles. The minimum atomic E-state index is 0. The predicted molar refractivity (Wildman–Crippen MR) is 88.5 cm³/mol. The summed E-state index contributed by atoms with van der Waals surface area (Å²) in [6, 6.07) is 0. The average Bonchev–Trinajstić information content (AvgIpc) is 2.38. The number of nitrogens with zero attached hydrogens (tertiary/aromatic N) is 1. The molecule has 122 valence electrons. The van der Waals surface area contributed by atoms with Crippen LogP contribution in [0, 0.1) is 0 Å². The number of halogens is 1. The monoisotopic (exact) mass is 347 g/mol. The molecule has 0 radical (unpaired) electrons. The molecule has 0 aromatic carbocycles. The van der Waals surface area contributed by atoms with Crippen molar-refractivity contribution >= 4 is 0 Å². The molecule has 0 fully saturated rings. The van der Waals surface area contributed by atoms with Crippen LogP contribution < -0.4 is 17.0 Å². The van der Waals surface area contributed by atoms with Gasteiger partial charge in [0.05, 0.1) is 27.2 Å². The molecule has 0 saturated carbocycles. The molecule has 0 N–H and O–H groups in total. The summed E-state index contributed by atoms with van der Waals surface area (Å²) in [5.41, 5.74) is 0. The van der Waals surface area contributed by atoms with E-state index in [0.29, 0.717) is 0 Å². The van der Waals surface area contributed by atoms with E-state index in [1.54, 1.807) is 0 Å². The predicted octanol–water partition coefficient (Wildman–Crippen LogP) is 2.56. The van der Waals surface area contributed by atoms with Crippen LogP contribution in [0.1, 0.15) is 77.6 Å². The highest BCUT2D eigenvalue weighted by Crippen LogP contribution is 2.11. The first-order valence-corrected chi connectivity index (χ1v) is 8.55. The number of rotatable bonds is 14. The van der Waals surface area contributed by atoms with E-state index in [4.69, 9.17) is 0 Å². The van der Waals surface area contributed by atoms with E-state index in [0.717, 1.165) is 10.9 Å². The average molecular weight is 348 g/mol. The largest absolute Gasteiger partial charge is 1.00 e. The lowest BCUT2D eigenvalue weighted by Gasteiger charge is -2.29. The zero-order chi connectivity index (χ0) is 14.4. The zero-order valence-electron chi connectivity index (χ0n) is 14.3. The van der Waals surface area contributed by atoms with Gasteiger partial charge in [-0.25, -0.2) is 0 Å². The number of hydrogen-bond acceptors (Lipinski definition) is 0. The summed E-state index contributed by atoms with van der Waals surface area (Å²) < 4.78 is 1.16. The summed E-state index contributed by atoms with van der Waals surface area (Å²) in [4.78, 5) is 0. The Labute approximate surface area is 139 Å². The fraction of sp³-hybridized carbons (Fsp3) is 0.889. The van der Waals surface area contributed by atoms with Crippen LogP contribution in [0.2, 0.25) is 0 Å². The number of hydrogen-bond donors (Lipinski definition) is 0. The maximum atomic E-state index is 3.81. The number of unbranched alkanes of at least 4 members (excludes halogenated alkanes) is 9. The summed E-state index contributed by atoms with van der Waals surface area (Å²) in [7, 11) is 4.69. The molecule has 0 atom stereocenters. The third-order valence-corrected chi connectivity index (χ3v) is 4.06. The minimum Gasteiger partial charge on any atom is -1.00 e. The highest BCUT2D eigenvalue weighted by molar-refractivity contribution is 4.64. The molecular weight excluding hydrogens is 310 g/mol. The van der Waals surface area contributed by atoms with Gasteiger partial charge in [0.2, 0.25) is 0 Å². The first-order chi connectivity index (χ1) is 9.12. The Bertz CT molecular complexity index is 202.